The topological polar surface area (TPSA) is 92.8 Å². The van der Waals surface area contributed by atoms with E-state index in [1.54, 1.807) is 30.4 Å². The van der Waals surface area contributed by atoms with Crippen molar-refractivity contribution >= 4 is 33.8 Å². The molecule has 0 saturated heterocycles. The molecule has 0 aliphatic heterocycles. The van der Waals surface area contributed by atoms with Gasteiger partial charge in [0.05, 0.1) is 0 Å². The SMILES string of the molecule is CCN(C)C(=O)C(C)Nc1nc2sccn2c1[N+](=O)[O-]. The van der Waals surface area contributed by atoms with Crippen molar-refractivity contribution in [1.29, 1.82) is 0 Å². The Labute approximate surface area is 119 Å². The smallest absolute Gasteiger partial charge is 0.358 e. The number of aromatic nitrogens is 2. The van der Waals surface area contributed by atoms with Gasteiger partial charge in [0.15, 0.2) is 0 Å². The van der Waals surface area contributed by atoms with E-state index in [2.05, 4.69) is 10.3 Å². The van der Waals surface area contributed by atoms with E-state index in [0.29, 0.717) is 11.5 Å². The highest BCUT2D eigenvalue weighted by Gasteiger charge is 2.26. The summed E-state index contributed by atoms with van der Waals surface area (Å²) in [5, 5.41) is 15.7. The molecule has 0 radical (unpaired) electrons. The number of rotatable bonds is 5. The molecule has 1 unspecified atom stereocenters. The first-order valence-corrected chi connectivity index (χ1v) is 6.95. The maximum Gasteiger partial charge on any atom is 0.372 e. The van der Waals surface area contributed by atoms with Gasteiger partial charge in [0, 0.05) is 19.0 Å². The molecule has 1 N–H and O–H groups in total. The minimum absolute atomic E-state index is 0.118. The summed E-state index contributed by atoms with van der Waals surface area (Å²) in [6.45, 7) is 4.09. The average Bonchev–Trinajstić information content (AvgIpc) is 2.96. The van der Waals surface area contributed by atoms with Crippen molar-refractivity contribution in [2.75, 3.05) is 18.9 Å². The normalized spacial score (nSPS) is 12.3. The van der Waals surface area contributed by atoms with Gasteiger partial charge in [-0.15, -0.1) is 0 Å². The monoisotopic (exact) mass is 297 g/mol. The molecule has 0 saturated carbocycles. The summed E-state index contributed by atoms with van der Waals surface area (Å²) in [4.78, 5) is 28.8. The van der Waals surface area contributed by atoms with E-state index in [-0.39, 0.29) is 17.5 Å². The van der Waals surface area contributed by atoms with Crippen LogP contribution in [-0.2, 0) is 4.79 Å². The van der Waals surface area contributed by atoms with Crippen LogP contribution in [0.25, 0.3) is 4.96 Å². The van der Waals surface area contributed by atoms with E-state index in [1.165, 1.54) is 15.7 Å². The molecule has 0 spiro atoms. The first kappa shape index (κ1) is 14.3. The molecule has 0 aromatic carbocycles. The fourth-order valence-electron chi connectivity index (χ4n) is 1.80. The molecule has 0 bridgehead atoms. The van der Waals surface area contributed by atoms with Crippen LogP contribution in [0.15, 0.2) is 11.6 Å². The average molecular weight is 297 g/mol. The minimum Gasteiger partial charge on any atom is -0.358 e. The fraction of sp³-hybridized carbons (Fsp3) is 0.455. The lowest BCUT2D eigenvalue weighted by Gasteiger charge is -2.20. The number of nitrogens with one attached hydrogen (secondary N) is 1. The van der Waals surface area contributed by atoms with Crippen molar-refractivity contribution < 1.29 is 9.72 Å². The molecule has 0 aliphatic rings. The summed E-state index contributed by atoms with van der Waals surface area (Å²) in [6, 6.07) is -0.580. The lowest BCUT2D eigenvalue weighted by Crippen LogP contribution is -2.39. The van der Waals surface area contributed by atoms with Crippen LogP contribution in [0, 0.1) is 10.1 Å². The largest absolute Gasteiger partial charge is 0.372 e. The highest BCUT2D eigenvalue weighted by atomic mass is 32.1. The minimum atomic E-state index is -0.580. The third-order valence-corrected chi connectivity index (χ3v) is 3.74. The van der Waals surface area contributed by atoms with Crippen molar-refractivity contribution in [3.63, 3.8) is 0 Å². The molecule has 1 atom stereocenters. The third-order valence-electron chi connectivity index (χ3n) is 2.98. The van der Waals surface area contributed by atoms with Crippen LogP contribution in [0.1, 0.15) is 13.8 Å². The predicted molar refractivity (Wildman–Crippen MR) is 76.1 cm³/mol. The molecule has 8 nitrogen and oxygen atoms in total. The summed E-state index contributed by atoms with van der Waals surface area (Å²) >= 11 is 1.30. The van der Waals surface area contributed by atoms with Gasteiger partial charge in [-0.05, 0) is 18.8 Å². The van der Waals surface area contributed by atoms with Crippen molar-refractivity contribution in [3.8, 4) is 0 Å². The van der Waals surface area contributed by atoms with Crippen molar-refractivity contribution in [2.45, 2.75) is 19.9 Å². The van der Waals surface area contributed by atoms with Crippen molar-refractivity contribution in [3.05, 3.63) is 21.7 Å². The molecule has 1 amide bonds. The van der Waals surface area contributed by atoms with Gasteiger partial charge in [0.25, 0.3) is 4.96 Å². The van der Waals surface area contributed by atoms with Gasteiger partial charge in [0.1, 0.15) is 12.2 Å². The summed E-state index contributed by atoms with van der Waals surface area (Å²) in [6.07, 6.45) is 1.58. The molecule has 0 aliphatic carbocycles. The molecular weight excluding hydrogens is 282 g/mol. The van der Waals surface area contributed by atoms with Gasteiger partial charge < -0.3 is 20.3 Å². The van der Waals surface area contributed by atoms with E-state index in [1.807, 2.05) is 6.92 Å². The van der Waals surface area contributed by atoms with E-state index >= 15 is 0 Å². The maximum atomic E-state index is 12.0. The molecule has 0 fully saturated rings. The fourth-order valence-corrected chi connectivity index (χ4v) is 2.51. The van der Waals surface area contributed by atoms with E-state index in [9.17, 15) is 14.9 Å². The molecule has 108 valence electrons. The van der Waals surface area contributed by atoms with Crippen LogP contribution < -0.4 is 5.32 Å². The number of amides is 1. The Kier molecular flexibility index (Phi) is 3.89. The Hall–Kier alpha value is -2.16. The highest BCUT2D eigenvalue weighted by Crippen LogP contribution is 2.28. The number of likely N-dealkylation sites (N-methyl/N-ethyl adjacent to an activating group) is 1. The van der Waals surface area contributed by atoms with E-state index in [0.717, 1.165) is 0 Å². The number of carbonyl (C=O) groups excluding carboxylic acids is 1. The second kappa shape index (κ2) is 5.45. The number of nitro groups is 1. The predicted octanol–water partition coefficient (Wildman–Crippen LogP) is 1.58. The molecule has 20 heavy (non-hydrogen) atoms. The van der Waals surface area contributed by atoms with Gasteiger partial charge in [-0.25, -0.2) is 0 Å². The summed E-state index contributed by atoms with van der Waals surface area (Å²) in [5.74, 6) is -0.176. The lowest BCUT2D eigenvalue weighted by atomic mass is 10.3. The zero-order valence-electron chi connectivity index (χ0n) is 11.4. The number of thiazole rings is 1. The maximum absolute atomic E-state index is 12.0. The molecule has 2 heterocycles. The summed E-state index contributed by atoms with van der Waals surface area (Å²) in [5.41, 5.74) is 0. The van der Waals surface area contributed by atoms with Gasteiger partial charge in [0.2, 0.25) is 11.7 Å². The Morgan fingerprint density at radius 3 is 3.00 bits per heavy atom. The van der Waals surface area contributed by atoms with Gasteiger partial charge in [-0.2, -0.15) is 9.38 Å². The van der Waals surface area contributed by atoms with Crippen LogP contribution in [0.3, 0.4) is 0 Å². The standard InChI is InChI=1S/C11H15N5O3S/c1-4-14(3)10(17)7(2)12-8-9(16(18)19)15-5-6-20-11(15)13-8/h5-7,12H,4H2,1-3H3. The van der Waals surface area contributed by atoms with Crippen molar-refractivity contribution in [2.24, 2.45) is 0 Å². The van der Waals surface area contributed by atoms with Crippen LogP contribution in [0.2, 0.25) is 0 Å². The Morgan fingerprint density at radius 1 is 1.70 bits per heavy atom. The first-order chi connectivity index (χ1) is 9.45. The molecule has 2 aromatic heterocycles. The number of carbonyl (C=O) groups is 1. The number of anilines is 1. The molecular formula is C11H15N5O3S. The number of nitrogens with zero attached hydrogens (tertiary/aromatic N) is 4. The molecule has 2 rings (SSSR count). The quantitative estimate of drug-likeness (QED) is 0.668. The first-order valence-electron chi connectivity index (χ1n) is 6.07. The number of hydrogen-bond acceptors (Lipinski definition) is 6. The summed E-state index contributed by atoms with van der Waals surface area (Å²) < 4.78 is 1.40. The van der Waals surface area contributed by atoms with Crippen LogP contribution in [0.4, 0.5) is 11.6 Å². The second-order valence-corrected chi connectivity index (χ2v) is 5.19. The Bertz CT molecular complexity index is 650. The van der Waals surface area contributed by atoms with E-state index < -0.39 is 11.0 Å². The zero-order valence-corrected chi connectivity index (χ0v) is 12.2. The van der Waals surface area contributed by atoms with Gasteiger partial charge in [-0.3, -0.25) is 4.79 Å². The van der Waals surface area contributed by atoms with Crippen LogP contribution in [0.5, 0.6) is 0 Å². The Morgan fingerprint density at radius 2 is 2.40 bits per heavy atom. The van der Waals surface area contributed by atoms with Crippen molar-refractivity contribution in [1.82, 2.24) is 14.3 Å². The third kappa shape index (κ3) is 2.44. The van der Waals surface area contributed by atoms with Crippen LogP contribution >= 0.6 is 11.3 Å². The van der Waals surface area contributed by atoms with Gasteiger partial charge in [-0.1, -0.05) is 11.3 Å². The number of hydrogen-bond donors (Lipinski definition) is 1. The molecule has 9 heteroatoms. The second-order valence-electron chi connectivity index (χ2n) is 4.32. The lowest BCUT2D eigenvalue weighted by molar-refractivity contribution is -0.389. The van der Waals surface area contributed by atoms with Gasteiger partial charge >= 0.3 is 5.82 Å². The zero-order chi connectivity index (χ0) is 14.9. The van der Waals surface area contributed by atoms with E-state index in [4.69, 9.17) is 0 Å². The van der Waals surface area contributed by atoms with Crippen LogP contribution in [-0.4, -0.2) is 44.7 Å². The summed E-state index contributed by atoms with van der Waals surface area (Å²) in [7, 11) is 1.68. The number of imidazole rings is 1. The molecule has 2 aromatic rings. The Balaban J connectivity index is 2.29. The number of fused-ring (bicyclic) bond motifs is 1. The highest BCUT2D eigenvalue weighted by molar-refractivity contribution is 7.15.